The van der Waals surface area contributed by atoms with Gasteiger partial charge in [-0.1, -0.05) is 6.92 Å². The monoisotopic (exact) mass is 295 g/mol. The van der Waals surface area contributed by atoms with Gasteiger partial charge in [0.15, 0.2) is 0 Å². The number of hydrogen-bond acceptors (Lipinski definition) is 3. The largest absolute Gasteiger partial charge is 0.349 e. The summed E-state index contributed by atoms with van der Waals surface area (Å²) in [5.41, 5.74) is 0. The second-order valence-electron chi connectivity index (χ2n) is 6.71. The molecule has 120 valence electrons. The zero-order valence-electron chi connectivity index (χ0n) is 13.6. The standard InChI is InChI=1S/C16H29N3O2/c1-4-15(20)19-10-12-8-13(11-19)14(17-9-12)6-5-7-16(21)18(2)3/h12-14,17H,4-11H2,1-3H3/t12-,13+,14+/m0/s1. The molecule has 0 aliphatic carbocycles. The van der Waals surface area contributed by atoms with Crippen LogP contribution < -0.4 is 5.32 Å². The molecular weight excluding hydrogens is 266 g/mol. The van der Waals surface area contributed by atoms with Crippen molar-refractivity contribution in [2.24, 2.45) is 11.8 Å². The van der Waals surface area contributed by atoms with Gasteiger partial charge in [-0.15, -0.1) is 0 Å². The third-order valence-electron chi connectivity index (χ3n) is 4.87. The van der Waals surface area contributed by atoms with Crippen LogP contribution in [0.5, 0.6) is 0 Å². The minimum absolute atomic E-state index is 0.204. The molecule has 2 rings (SSSR count). The number of rotatable bonds is 5. The minimum atomic E-state index is 0.204. The Kier molecular flexibility index (Phi) is 5.62. The van der Waals surface area contributed by atoms with Gasteiger partial charge in [-0.2, -0.15) is 0 Å². The average molecular weight is 295 g/mol. The lowest BCUT2D eigenvalue weighted by Gasteiger charge is -2.46. The van der Waals surface area contributed by atoms with Crippen LogP contribution in [0.25, 0.3) is 0 Å². The molecular formula is C16H29N3O2. The Morgan fingerprint density at radius 1 is 1.29 bits per heavy atom. The van der Waals surface area contributed by atoms with Crippen molar-refractivity contribution in [3.63, 3.8) is 0 Å². The fraction of sp³-hybridized carbons (Fsp3) is 0.875. The van der Waals surface area contributed by atoms with Crippen LogP contribution in [0.2, 0.25) is 0 Å². The van der Waals surface area contributed by atoms with Gasteiger partial charge in [0.25, 0.3) is 0 Å². The summed E-state index contributed by atoms with van der Waals surface area (Å²) in [5, 5.41) is 3.64. The summed E-state index contributed by atoms with van der Waals surface area (Å²) in [5.74, 6) is 1.66. The molecule has 0 aromatic rings. The Labute approximate surface area is 128 Å². The summed E-state index contributed by atoms with van der Waals surface area (Å²) < 4.78 is 0. The normalized spacial score (nSPS) is 28.3. The first-order valence-corrected chi connectivity index (χ1v) is 8.22. The van der Waals surface area contributed by atoms with E-state index in [1.165, 1.54) is 6.42 Å². The Bertz CT molecular complexity index is 384. The van der Waals surface area contributed by atoms with Crippen molar-refractivity contribution in [1.29, 1.82) is 0 Å². The quantitative estimate of drug-likeness (QED) is 0.826. The summed E-state index contributed by atoms with van der Waals surface area (Å²) in [6.45, 7) is 4.76. The molecule has 0 radical (unpaired) electrons. The van der Waals surface area contributed by atoms with Crippen LogP contribution >= 0.6 is 0 Å². The van der Waals surface area contributed by atoms with E-state index in [2.05, 4.69) is 10.2 Å². The van der Waals surface area contributed by atoms with E-state index in [0.717, 1.165) is 32.5 Å². The van der Waals surface area contributed by atoms with E-state index in [4.69, 9.17) is 0 Å². The third-order valence-corrected chi connectivity index (χ3v) is 4.87. The first-order chi connectivity index (χ1) is 10.0. The summed E-state index contributed by atoms with van der Waals surface area (Å²) >= 11 is 0. The number of carbonyl (C=O) groups is 2. The van der Waals surface area contributed by atoms with Gasteiger partial charge in [-0.3, -0.25) is 9.59 Å². The van der Waals surface area contributed by atoms with Gasteiger partial charge < -0.3 is 15.1 Å². The molecule has 2 amide bonds. The zero-order chi connectivity index (χ0) is 15.4. The lowest BCUT2D eigenvalue weighted by Crippen LogP contribution is -2.57. The minimum Gasteiger partial charge on any atom is -0.349 e. The molecule has 2 fully saturated rings. The molecule has 2 bridgehead atoms. The highest BCUT2D eigenvalue weighted by molar-refractivity contribution is 5.76. The van der Waals surface area contributed by atoms with Gasteiger partial charge in [0.1, 0.15) is 0 Å². The maximum absolute atomic E-state index is 11.9. The van der Waals surface area contributed by atoms with Crippen molar-refractivity contribution in [3.05, 3.63) is 0 Å². The summed E-state index contributed by atoms with van der Waals surface area (Å²) in [7, 11) is 3.61. The third kappa shape index (κ3) is 4.19. The molecule has 2 aliphatic rings. The molecule has 3 atom stereocenters. The molecule has 2 saturated heterocycles. The van der Waals surface area contributed by atoms with E-state index in [1.807, 2.05) is 6.92 Å². The molecule has 0 spiro atoms. The predicted molar refractivity (Wildman–Crippen MR) is 82.8 cm³/mol. The summed E-state index contributed by atoms with van der Waals surface area (Å²) in [6, 6.07) is 0.462. The van der Waals surface area contributed by atoms with E-state index < -0.39 is 0 Å². The molecule has 5 nitrogen and oxygen atoms in total. The van der Waals surface area contributed by atoms with Gasteiger partial charge >= 0.3 is 0 Å². The molecule has 0 aromatic carbocycles. The van der Waals surface area contributed by atoms with Crippen LogP contribution in [0.3, 0.4) is 0 Å². The lowest BCUT2D eigenvalue weighted by molar-refractivity contribution is -0.134. The number of likely N-dealkylation sites (tertiary alicyclic amines) is 1. The number of piperidine rings is 2. The summed E-state index contributed by atoms with van der Waals surface area (Å²) in [6.07, 6.45) is 4.42. The van der Waals surface area contributed by atoms with E-state index in [0.29, 0.717) is 30.7 Å². The van der Waals surface area contributed by atoms with Crippen molar-refractivity contribution < 1.29 is 9.59 Å². The summed E-state index contributed by atoms with van der Waals surface area (Å²) in [4.78, 5) is 27.3. The van der Waals surface area contributed by atoms with Gasteiger partial charge in [-0.25, -0.2) is 0 Å². The Morgan fingerprint density at radius 3 is 2.71 bits per heavy atom. The van der Waals surface area contributed by atoms with E-state index >= 15 is 0 Å². The SMILES string of the molecule is CCC(=O)N1C[C@@H]2CN[C@H](CCCC(=O)N(C)C)[C@H](C2)C1. The molecule has 2 heterocycles. The molecule has 21 heavy (non-hydrogen) atoms. The van der Waals surface area contributed by atoms with Gasteiger partial charge in [0, 0.05) is 46.1 Å². The van der Waals surface area contributed by atoms with Crippen molar-refractivity contribution in [2.75, 3.05) is 33.7 Å². The molecule has 0 unspecified atom stereocenters. The van der Waals surface area contributed by atoms with Crippen LogP contribution in [0.1, 0.15) is 39.0 Å². The Hall–Kier alpha value is -1.10. The van der Waals surface area contributed by atoms with Crippen LogP contribution in [0.4, 0.5) is 0 Å². The highest BCUT2D eigenvalue weighted by Crippen LogP contribution is 2.30. The topological polar surface area (TPSA) is 52.7 Å². The molecule has 2 aliphatic heterocycles. The molecule has 5 heteroatoms. The number of amides is 2. The Morgan fingerprint density at radius 2 is 2.05 bits per heavy atom. The second kappa shape index (κ2) is 7.25. The fourth-order valence-corrected chi connectivity index (χ4v) is 3.63. The van der Waals surface area contributed by atoms with Crippen LogP contribution in [0.15, 0.2) is 0 Å². The Balaban J connectivity index is 1.82. The van der Waals surface area contributed by atoms with Crippen molar-refractivity contribution >= 4 is 11.8 Å². The number of fused-ring (bicyclic) bond motifs is 2. The van der Waals surface area contributed by atoms with Gasteiger partial charge in [0.05, 0.1) is 0 Å². The van der Waals surface area contributed by atoms with Gasteiger partial charge in [-0.05, 0) is 37.6 Å². The maximum Gasteiger partial charge on any atom is 0.222 e. The van der Waals surface area contributed by atoms with E-state index in [-0.39, 0.29) is 11.8 Å². The highest BCUT2D eigenvalue weighted by atomic mass is 16.2. The van der Waals surface area contributed by atoms with Crippen LogP contribution in [-0.2, 0) is 9.59 Å². The zero-order valence-corrected chi connectivity index (χ0v) is 13.6. The fourth-order valence-electron chi connectivity index (χ4n) is 3.63. The lowest BCUT2D eigenvalue weighted by atomic mass is 9.79. The van der Waals surface area contributed by atoms with Crippen molar-refractivity contribution in [2.45, 2.75) is 45.1 Å². The molecule has 0 saturated carbocycles. The van der Waals surface area contributed by atoms with Crippen molar-refractivity contribution in [3.8, 4) is 0 Å². The smallest absolute Gasteiger partial charge is 0.222 e. The molecule has 0 aromatic heterocycles. The van der Waals surface area contributed by atoms with Crippen molar-refractivity contribution in [1.82, 2.24) is 15.1 Å². The van der Waals surface area contributed by atoms with Crippen LogP contribution in [0, 0.1) is 11.8 Å². The maximum atomic E-state index is 11.9. The highest BCUT2D eigenvalue weighted by Gasteiger charge is 2.37. The molecule has 1 N–H and O–H groups in total. The van der Waals surface area contributed by atoms with E-state index in [1.54, 1.807) is 19.0 Å². The number of nitrogens with one attached hydrogen (secondary N) is 1. The first-order valence-electron chi connectivity index (χ1n) is 8.22. The predicted octanol–water partition coefficient (Wildman–Crippen LogP) is 1.09. The van der Waals surface area contributed by atoms with E-state index in [9.17, 15) is 9.59 Å². The van der Waals surface area contributed by atoms with Crippen LogP contribution in [-0.4, -0.2) is 61.4 Å². The van der Waals surface area contributed by atoms with Gasteiger partial charge in [0.2, 0.25) is 11.8 Å². The number of hydrogen-bond donors (Lipinski definition) is 1. The first kappa shape index (κ1) is 16.3. The number of nitrogens with zero attached hydrogens (tertiary/aromatic N) is 2. The second-order valence-corrected chi connectivity index (χ2v) is 6.71. The average Bonchev–Trinajstić information content (AvgIpc) is 2.48. The number of carbonyl (C=O) groups excluding carboxylic acids is 2.